The third-order valence-electron chi connectivity index (χ3n) is 6.92. The Morgan fingerprint density at radius 2 is 1.77 bits per heavy atom. The average Bonchev–Trinajstić information content (AvgIpc) is 3.35. The predicted octanol–water partition coefficient (Wildman–Crippen LogP) is 7.19. The number of benzene rings is 2. The van der Waals surface area contributed by atoms with Crippen LogP contribution >= 0.6 is 23.8 Å². The van der Waals surface area contributed by atoms with E-state index < -0.39 is 0 Å². The van der Waals surface area contributed by atoms with E-state index in [0.717, 1.165) is 17.8 Å². The molecule has 4 nitrogen and oxygen atoms in total. The molecule has 0 radical (unpaired) electrons. The van der Waals surface area contributed by atoms with Gasteiger partial charge in [-0.05, 0) is 98.6 Å². The summed E-state index contributed by atoms with van der Waals surface area (Å²) in [5, 5.41) is 4.95. The van der Waals surface area contributed by atoms with Gasteiger partial charge >= 0.3 is 0 Å². The molecular formula is C29H29ClN4S. The molecule has 0 aliphatic carbocycles. The highest BCUT2D eigenvalue weighted by Crippen LogP contribution is 2.44. The van der Waals surface area contributed by atoms with E-state index in [9.17, 15) is 0 Å². The van der Waals surface area contributed by atoms with Crippen molar-refractivity contribution < 1.29 is 0 Å². The standard InChI is InChI=1S/C29H29ClN4S/c1-5-21-10-8-9-18(2)27(21)33-19(3)17-24(20(33)4)28-26(25-11-6-7-16-31-25)32-29(35)34(28)23-14-12-22(30)13-15-23/h6-17,26,28H,5H2,1-4H3,(H,32,35)/t26-,28+/m0/s1. The Hall–Kier alpha value is -3.15. The van der Waals surface area contributed by atoms with E-state index in [1.54, 1.807) is 0 Å². The molecule has 1 saturated heterocycles. The Morgan fingerprint density at radius 3 is 2.46 bits per heavy atom. The van der Waals surface area contributed by atoms with Gasteiger partial charge in [0, 0.05) is 28.3 Å². The third kappa shape index (κ3) is 4.13. The molecule has 1 N–H and O–H groups in total. The first-order valence-electron chi connectivity index (χ1n) is 11.9. The van der Waals surface area contributed by atoms with Gasteiger partial charge in [0.15, 0.2) is 5.11 Å². The topological polar surface area (TPSA) is 33.1 Å². The first-order chi connectivity index (χ1) is 16.9. The summed E-state index contributed by atoms with van der Waals surface area (Å²) in [5.74, 6) is 0. The minimum atomic E-state index is -0.0872. The van der Waals surface area contributed by atoms with Crippen LogP contribution in [0.4, 0.5) is 5.69 Å². The number of nitrogens with zero attached hydrogens (tertiary/aromatic N) is 3. The van der Waals surface area contributed by atoms with Crippen LogP contribution in [0.15, 0.2) is 72.9 Å². The second kappa shape index (κ2) is 9.48. The third-order valence-corrected chi connectivity index (χ3v) is 7.48. The lowest BCUT2D eigenvalue weighted by Crippen LogP contribution is -2.29. The van der Waals surface area contributed by atoms with Gasteiger partial charge in [-0.1, -0.05) is 42.8 Å². The quantitative estimate of drug-likeness (QED) is 0.294. The maximum Gasteiger partial charge on any atom is 0.174 e. The zero-order valence-electron chi connectivity index (χ0n) is 20.4. The van der Waals surface area contributed by atoms with Crippen LogP contribution in [0.3, 0.4) is 0 Å². The van der Waals surface area contributed by atoms with Gasteiger partial charge in [0.1, 0.15) is 0 Å². The summed E-state index contributed by atoms with van der Waals surface area (Å²) in [5.41, 5.74) is 9.50. The molecule has 0 saturated carbocycles. The van der Waals surface area contributed by atoms with Gasteiger partial charge in [-0.15, -0.1) is 0 Å². The Labute approximate surface area is 217 Å². The maximum absolute atomic E-state index is 6.21. The van der Waals surface area contributed by atoms with Crippen molar-refractivity contribution in [3.8, 4) is 5.69 Å². The van der Waals surface area contributed by atoms with Crippen LogP contribution in [0.1, 0.15) is 52.8 Å². The molecule has 35 heavy (non-hydrogen) atoms. The number of hydrogen-bond donors (Lipinski definition) is 1. The van der Waals surface area contributed by atoms with E-state index in [1.165, 1.54) is 33.8 Å². The molecule has 1 aliphatic heterocycles. The van der Waals surface area contributed by atoms with Crippen molar-refractivity contribution in [1.82, 2.24) is 14.9 Å². The van der Waals surface area contributed by atoms with Crippen LogP contribution in [0.25, 0.3) is 5.69 Å². The van der Waals surface area contributed by atoms with Crippen molar-refractivity contribution in [2.45, 2.75) is 46.2 Å². The monoisotopic (exact) mass is 500 g/mol. The first-order valence-corrected chi connectivity index (χ1v) is 12.7. The predicted molar refractivity (Wildman–Crippen MR) is 149 cm³/mol. The number of thiocarbonyl (C=S) groups is 1. The van der Waals surface area contributed by atoms with E-state index >= 15 is 0 Å². The number of aromatic nitrogens is 2. The second-order valence-electron chi connectivity index (χ2n) is 9.07. The molecule has 6 heteroatoms. The molecule has 178 valence electrons. The van der Waals surface area contributed by atoms with Gasteiger partial charge in [0.05, 0.1) is 23.5 Å². The number of rotatable bonds is 5. The SMILES string of the molecule is CCc1cccc(C)c1-n1c(C)cc([C@@H]2[C@H](c3ccccn3)NC(=S)N2c2ccc(Cl)cc2)c1C. The summed E-state index contributed by atoms with van der Waals surface area (Å²) in [6.07, 6.45) is 2.82. The van der Waals surface area contributed by atoms with Crippen LogP contribution < -0.4 is 10.2 Å². The smallest absolute Gasteiger partial charge is 0.174 e. The fourth-order valence-corrected chi connectivity index (χ4v) is 5.78. The summed E-state index contributed by atoms with van der Waals surface area (Å²) >= 11 is 12.1. The first kappa shape index (κ1) is 23.6. The molecule has 0 unspecified atom stereocenters. The minimum absolute atomic E-state index is 0.0624. The van der Waals surface area contributed by atoms with Crippen LogP contribution in [0.5, 0.6) is 0 Å². The zero-order valence-corrected chi connectivity index (χ0v) is 22.0. The zero-order chi connectivity index (χ0) is 24.7. The highest BCUT2D eigenvalue weighted by atomic mass is 35.5. The molecule has 2 atom stereocenters. The fraction of sp³-hybridized carbons (Fsp3) is 0.241. The van der Waals surface area contributed by atoms with E-state index in [-0.39, 0.29) is 12.1 Å². The summed E-state index contributed by atoms with van der Waals surface area (Å²) in [6.45, 7) is 8.80. The lowest BCUT2D eigenvalue weighted by molar-refractivity contribution is 0.565. The summed E-state index contributed by atoms with van der Waals surface area (Å²) in [4.78, 5) is 6.90. The molecule has 2 aromatic heterocycles. The normalized spacial score (nSPS) is 17.6. The van der Waals surface area contributed by atoms with Crippen LogP contribution in [-0.2, 0) is 6.42 Å². The van der Waals surface area contributed by atoms with Crippen molar-refractivity contribution in [2.75, 3.05) is 4.90 Å². The van der Waals surface area contributed by atoms with E-state index in [2.05, 4.69) is 72.8 Å². The molecule has 0 bridgehead atoms. The van der Waals surface area contributed by atoms with Gasteiger partial charge in [0.25, 0.3) is 0 Å². The Kier molecular flexibility index (Phi) is 6.39. The van der Waals surface area contributed by atoms with Crippen molar-refractivity contribution in [2.24, 2.45) is 0 Å². The van der Waals surface area contributed by atoms with Crippen molar-refractivity contribution in [3.63, 3.8) is 0 Å². The summed E-state index contributed by atoms with van der Waals surface area (Å²) < 4.78 is 2.40. The molecule has 1 fully saturated rings. The molecule has 0 amide bonds. The minimum Gasteiger partial charge on any atom is -0.351 e. The highest BCUT2D eigenvalue weighted by molar-refractivity contribution is 7.80. The number of hydrogen-bond acceptors (Lipinski definition) is 2. The maximum atomic E-state index is 6.21. The van der Waals surface area contributed by atoms with Gasteiger partial charge in [0.2, 0.25) is 0 Å². The molecule has 4 aromatic rings. The molecule has 5 rings (SSSR count). The molecule has 1 aliphatic rings. The van der Waals surface area contributed by atoms with Gasteiger partial charge < -0.3 is 14.8 Å². The highest BCUT2D eigenvalue weighted by Gasteiger charge is 2.42. The van der Waals surface area contributed by atoms with E-state index in [1.807, 2.05) is 42.6 Å². The largest absolute Gasteiger partial charge is 0.351 e. The molecule has 2 aromatic carbocycles. The lowest BCUT2D eigenvalue weighted by atomic mass is 9.96. The van der Waals surface area contributed by atoms with E-state index in [4.69, 9.17) is 28.8 Å². The summed E-state index contributed by atoms with van der Waals surface area (Å²) in [6, 6.07) is 22.6. The number of para-hydroxylation sites is 1. The van der Waals surface area contributed by atoms with Crippen LogP contribution in [0, 0.1) is 20.8 Å². The van der Waals surface area contributed by atoms with Crippen LogP contribution in [-0.4, -0.2) is 14.7 Å². The second-order valence-corrected chi connectivity index (χ2v) is 9.89. The molecule has 0 spiro atoms. The summed E-state index contributed by atoms with van der Waals surface area (Å²) in [7, 11) is 0. The molecular weight excluding hydrogens is 472 g/mol. The van der Waals surface area contributed by atoms with Crippen molar-refractivity contribution in [3.05, 3.63) is 112 Å². The Bertz CT molecular complexity index is 1380. The van der Waals surface area contributed by atoms with Gasteiger partial charge in [-0.3, -0.25) is 4.98 Å². The van der Waals surface area contributed by atoms with E-state index in [0.29, 0.717) is 10.1 Å². The number of pyridine rings is 1. The fourth-order valence-electron chi connectivity index (χ4n) is 5.31. The Morgan fingerprint density at radius 1 is 1.00 bits per heavy atom. The van der Waals surface area contributed by atoms with Crippen molar-refractivity contribution in [1.29, 1.82) is 0 Å². The lowest BCUT2D eigenvalue weighted by Gasteiger charge is -2.28. The number of aryl methyl sites for hydroxylation is 3. The van der Waals surface area contributed by atoms with Gasteiger partial charge in [-0.2, -0.15) is 0 Å². The van der Waals surface area contributed by atoms with Gasteiger partial charge in [-0.25, -0.2) is 0 Å². The van der Waals surface area contributed by atoms with Crippen LogP contribution in [0.2, 0.25) is 5.02 Å². The number of nitrogens with one attached hydrogen (secondary N) is 1. The Balaban J connectivity index is 1.71. The average molecular weight is 501 g/mol. The molecule has 3 heterocycles. The van der Waals surface area contributed by atoms with Crippen molar-refractivity contribution >= 4 is 34.6 Å². The number of halogens is 1. The number of anilines is 1.